The van der Waals surface area contributed by atoms with Crippen molar-refractivity contribution in [3.63, 3.8) is 0 Å². The second-order valence-electron chi connectivity index (χ2n) is 11.3. The van der Waals surface area contributed by atoms with Crippen LogP contribution in [0.15, 0.2) is 24.3 Å². The van der Waals surface area contributed by atoms with Gasteiger partial charge in [-0.25, -0.2) is 0 Å². The Morgan fingerprint density at radius 1 is 0.891 bits per heavy atom. The van der Waals surface area contributed by atoms with Crippen LogP contribution in [0.2, 0.25) is 0 Å². The summed E-state index contributed by atoms with van der Waals surface area (Å²) < 4.78 is 34.1. The van der Waals surface area contributed by atoms with Crippen LogP contribution in [0.4, 0.5) is 0 Å². The summed E-state index contributed by atoms with van der Waals surface area (Å²) in [6.07, 6.45) is 5.49. The van der Waals surface area contributed by atoms with E-state index in [4.69, 9.17) is 28.4 Å². The van der Waals surface area contributed by atoms with E-state index in [1.807, 2.05) is 27.0 Å². The van der Waals surface area contributed by atoms with Crippen molar-refractivity contribution in [2.75, 3.05) is 85.4 Å². The molecule has 0 radical (unpaired) electrons. The van der Waals surface area contributed by atoms with Gasteiger partial charge in [-0.05, 0) is 43.7 Å². The molecular formula is C34H56N2O8S2. The molecule has 0 aromatic heterocycles. The van der Waals surface area contributed by atoms with Crippen LogP contribution >= 0.6 is 21.6 Å². The van der Waals surface area contributed by atoms with Gasteiger partial charge in [-0.2, -0.15) is 0 Å². The van der Waals surface area contributed by atoms with Crippen molar-refractivity contribution in [2.24, 2.45) is 11.8 Å². The minimum atomic E-state index is -0.670. The first-order chi connectivity index (χ1) is 22.1. The zero-order chi connectivity index (χ0) is 33.9. The van der Waals surface area contributed by atoms with Crippen molar-refractivity contribution in [3.05, 3.63) is 29.8 Å². The third-order valence-electron chi connectivity index (χ3n) is 6.09. The summed E-state index contributed by atoms with van der Waals surface area (Å²) in [5.74, 6) is 7.04. The molecule has 262 valence electrons. The van der Waals surface area contributed by atoms with Gasteiger partial charge in [-0.15, -0.1) is 0 Å². The Morgan fingerprint density at radius 2 is 1.59 bits per heavy atom. The average molecular weight is 685 g/mol. The molecule has 1 unspecified atom stereocenters. The van der Waals surface area contributed by atoms with Crippen LogP contribution in [0.1, 0.15) is 64.2 Å². The minimum Gasteiger partial charge on any atom is -0.490 e. The molecular weight excluding hydrogens is 629 g/mol. The number of amides is 2. The van der Waals surface area contributed by atoms with Crippen LogP contribution in [-0.2, 0) is 28.5 Å². The maximum Gasteiger partial charge on any atom is 0.251 e. The lowest BCUT2D eigenvalue weighted by atomic mass is 10.1. The van der Waals surface area contributed by atoms with Crippen LogP contribution in [-0.4, -0.2) is 102 Å². The molecule has 0 aliphatic heterocycles. The van der Waals surface area contributed by atoms with Gasteiger partial charge in [0.2, 0.25) is 5.91 Å². The SMILES string of the molecule is CSSC(C)(COc1cccc(C(=O)NCCOCCOCCOCCCCC(C)C)c1)OCCOCC(=O)NCC#CC(C)C. The van der Waals surface area contributed by atoms with Crippen molar-refractivity contribution in [3.8, 4) is 17.6 Å². The van der Waals surface area contributed by atoms with Crippen LogP contribution in [0, 0.1) is 23.7 Å². The van der Waals surface area contributed by atoms with Crippen molar-refractivity contribution in [2.45, 2.75) is 58.8 Å². The fraction of sp³-hybridized carbons (Fsp3) is 0.706. The van der Waals surface area contributed by atoms with E-state index in [1.54, 1.807) is 35.1 Å². The second kappa shape index (κ2) is 27.0. The number of nitrogens with one attached hydrogen (secondary N) is 2. The van der Waals surface area contributed by atoms with Gasteiger partial charge in [0.25, 0.3) is 5.91 Å². The predicted molar refractivity (Wildman–Crippen MR) is 187 cm³/mol. The van der Waals surface area contributed by atoms with Crippen molar-refractivity contribution >= 4 is 33.4 Å². The third kappa shape index (κ3) is 23.4. The van der Waals surface area contributed by atoms with E-state index < -0.39 is 4.93 Å². The molecule has 0 saturated carbocycles. The average Bonchev–Trinajstić information content (AvgIpc) is 3.02. The molecule has 2 N–H and O–H groups in total. The lowest BCUT2D eigenvalue weighted by molar-refractivity contribution is -0.126. The number of carbonyl (C=O) groups excluding carboxylic acids is 2. The highest BCUT2D eigenvalue weighted by Crippen LogP contribution is 2.35. The van der Waals surface area contributed by atoms with Crippen molar-refractivity contribution < 1.29 is 38.0 Å². The largest absolute Gasteiger partial charge is 0.490 e. The van der Waals surface area contributed by atoms with Gasteiger partial charge in [0.1, 0.15) is 19.0 Å². The van der Waals surface area contributed by atoms with E-state index in [0.29, 0.717) is 57.4 Å². The molecule has 46 heavy (non-hydrogen) atoms. The maximum absolute atomic E-state index is 12.6. The first kappa shape index (κ1) is 42.0. The number of benzene rings is 1. The number of rotatable bonds is 27. The molecule has 0 aliphatic carbocycles. The molecule has 2 amide bonds. The molecule has 0 heterocycles. The highest BCUT2D eigenvalue weighted by atomic mass is 33.1. The zero-order valence-corrected chi connectivity index (χ0v) is 30.3. The third-order valence-corrected chi connectivity index (χ3v) is 8.40. The molecule has 1 aromatic rings. The van der Waals surface area contributed by atoms with E-state index in [-0.39, 0.29) is 44.2 Å². The lowest BCUT2D eigenvalue weighted by Crippen LogP contribution is -2.33. The molecule has 0 fully saturated rings. The fourth-order valence-corrected chi connectivity index (χ4v) is 5.71. The van der Waals surface area contributed by atoms with Crippen molar-refractivity contribution in [1.29, 1.82) is 0 Å². The first-order valence-corrected chi connectivity index (χ1v) is 18.6. The van der Waals surface area contributed by atoms with E-state index in [0.717, 1.165) is 18.9 Å². The summed E-state index contributed by atoms with van der Waals surface area (Å²) in [6.45, 7) is 15.1. The molecule has 1 aromatic carbocycles. The standard InChI is InChI=1S/C34H56N2O8S2/c1-28(2)11-7-8-17-39-19-21-41-22-20-40-18-16-36-33(38)30-13-9-14-31(25-30)43-27-34(5,46-45-6)44-24-23-42-26-32(37)35-15-10-12-29(3)4/h9,13-14,25,28-29H,7-8,11,15-24,26-27H2,1-6H3,(H,35,37)(H,36,38). The summed E-state index contributed by atoms with van der Waals surface area (Å²) in [4.78, 5) is 23.8. The molecule has 0 aliphatic rings. The van der Waals surface area contributed by atoms with Crippen LogP contribution in [0.3, 0.4) is 0 Å². The summed E-state index contributed by atoms with van der Waals surface area (Å²) in [5, 5.41) is 5.57. The second-order valence-corrected chi connectivity index (χ2v) is 14.2. The molecule has 0 saturated heterocycles. The number of hydrogen-bond donors (Lipinski definition) is 2. The van der Waals surface area contributed by atoms with Crippen molar-refractivity contribution in [1.82, 2.24) is 10.6 Å². The number of unbranched alkanes of at least 4 members (excludes halogenated alkanes) is 1. The summed E-state index contributed by atoms with van der Waals surface area (Å²) >= 11 is 0. The van der Waals surface area contributed by atoms with Gasteiger partial charge in [0, 0.05) is 24.6 Å². The molecule has 0 bridgehead atoms. The Labute approximate surface area is 284 Å². The Hall–Kier alpha value is -1.98. The first-order valence-electron chi connectivity index (χ1n) is 16.1. The number of ether oxygens (including phenoxy) is 6. The summed E-state index contributed by atoms with van der Waals surface area (Å²) in [6, 6.07) is 7.02. The molecule has 1 rings (SSSR count). The minimum absolute atomic E-state index is 0.0558. The summed E-state index contributed by atoms with van der Waals surface area (Å²) in [5.41, 5.74) is 0.493. The van der Waals surface area contributed by atoms with E-state index in [1.165, 1.54) is 23.6 Å². The van der Waals surface area contributed by atoms with E-state index in [9.17, 15) is 9.59 Å². The van der Waals surface area contributed by atoms with Gasteiger partial charge in [0.05, 0.1) is 52.8 Å². The molecule has 0 spiro atoms. The predicted octanol–water partition coefficient (Wildman–Crippen LogP) is 5.21. The van der Waals surface area contributed by atoms with Crippen LogP contribution in [0.5, 0.6) is 5.75 Å². The zero-order valence-electron chi connectivity index (χ0n) is 28.7. The topological polar surface area (TPSA) is 114 Å². The number of carbonyl (C=O) groups is 2. The van der Waals surface area contributed by atoms with Gasteiger partial charge in [-0.1, -0.05) is 80.0 Å². The Kier molecular flexibility index (Phi) is 24.7. The highest BCUT2D eigenvalue weighted by Gasteiger charge is 2.27. The molecule has 10 nitrogen and oxygen atoms in total. The highest BCUT2D eigenvalue weighted by molar-refractivity contribution is 8.76. The Balaban J connectivity index is 2.24. The quantitative estimate of drug-likeness (QED) is 0.0555. The normalized spacial score (nSPS) is 12.4. The van der Waals surface area contributed by atoms with Crippen LogP contribution < -0.4 is 15.4 Å². The monoisotopic (exact) mass is 684 g/mol. The Morgan fingerprint density at radius 3 is 2.28 bits per heavy atom. The van der Waals surface area contributed by atoms with E-state index in [2.05, 4.69) is 36.3 Å². The van der Waals surface area contributed by atoms with Gasteiger partial charge in [-0.3, -0.25) is 9.59 Å². The fourth-order valence-electron chi connectivity index (χ4n) is 3.78. The molecule has 12 heteroatoms. The van der Waals surface area contributed by atoms with E-state index >= 15 is 0 Å². The maximum atomic E-state index is 12.6. The lowest BCUT2D eigenvalue weighted by Gasteiger charge is -2.28. The van der Waals surface area contributed by atoms with Gasteiger partial charge in [0.15, 0.2) is 4.93 Å². The van der Waals surface area contributed by atoms with Gasteiger partial charge < -0.3 is 39.1 Å². The molecule has 1 atom stereocenters. The van der Waals surface area contributed by atoms with Crippen LogP contribution in [0.25, 0.3) is 0 Å². The Bertz CT molecular complexity index is 1020. The summed E-state index contributed by atoms with van der Waals surface area (Å²) in [7, 11) is 3.09. The van der Waals surface area contributed by atoms with Gasteiger partial charge >= 0.3 is 0 Å². The smallest absolute Gasteiger partial charge is 0.251 e. The number of hydrogen-bond acceptors (Lipinski definition) is 10.